The maximum atomic E-state index is 12.4. The highest BCUT2D eigenvalue weighted by molar-refractivity contribution is 7.80. The van der Waals surface area contributed by atoms with E-state index >= 15 is 0 Å². The number of fused-ring (bicyclic) bond motifs is 1. The van der Waals surface area contributed by atoms with Gasteiger partial charge in [0.1, 0.15) is 4.88 Å². The zero-order chi connectivity index (χ0) is 22.7. The fourth-order valence-corrected chi connectivity index (χ4v) is 4.03. The Morgan fingerprint density at radius 1 is 0.968 bits per heavy atom. The van der Waals surface area contributed by atoms with Crippen molar-refractivity contribution in [1.29, 1.82) is 0 Å². The Hall–Kier alpha value is -3.68. The molecule has 0 atom stereocenters. The average molecular weight is 480 g/mol. The SMILES string of the molecule is O=C(NC(=S)NNC(=O)c1sc2ccccc2c1Cl)c1cc([N+](=O)[O-])cc([N+](=O)[O-])c1. The number of thiophene rings is 1. The lowest BCUT2D eigenvalue weighted by molar-refractivity contribution is -0.394. The molecule has 0 aliphatic carbocycles. The van der Waals surface area contributed by atoms with Crippen molar-refractivity contribution in [3.05, 3.63) is 78.2 Å². The van der Waals surface area contributed by atoms with Gasteiger partial charge in [-0.2, -0.15) is 0 Å². The second-order valence-electron chi connectivity index (χ2n) is 5.86. The van der Waals surface area contributed by atoms with E-state index in [0.717, 1.165) is 34.2 Å². The summed E-state index contributed by atoms with van der Waals surface area (Å²) in [5.74, 6) is -1.55. The van der Waals surface area contributed by atoms with Gasteiger partial charge < -0.3 is 0 Å². The van der Waals surface area contributed by atoms with Crippen molar-refractivity contribution >= 4 is 73.5 Å². The van der Waals surface area contributed by atoms with E-state index in [9.17, 15) is 29.8 Å². The molecule has 0 bridgehead atoms. The van der Waals surface area contributed by atoms with Crippen molar-refractivity contribution in [3.8, 4) is 0 Å². The Balaban J connectivity index is 1.67. The number of nitro benzene ring substituents is 2. The number of nitrogens with one attached hydrogen (secondary N) is 3. The minimum Gasteiger partial charge on any atom is -0.298 e. The van der Waals surface area contributed by atoms with Crippen LogP contribution in [-0.4, -0.2) is 26.8 Å². The van der Waals surface area contributed by atoms with Gasteiger partial charge in [-0.3, -0.25) is 46.0 Å². The van der Waals surface area contributed by atoms with Crippen LogP contribution in [0.25, 0.3) is 10.1 Å². The molecule has 0 saturated carbocycles. The van der Waals surface area contributed by atoms with Crippen LogP contribution in [0.15, 0.2) is 42.5 Å². The predicted octanol–water partition coefficient (Wildman–Crippen LogP) is 3.32. The molecule has 0 unspecified atom stereocenters. The summed E-state index contributed by atoms with van der Waals surface area (Å²) < 4.78 is 0.806. The maximum Gasteiger partial charge on any atom is 0.281 e. The van der Waals surface area contributed by atoms with Crippen LogP contribution in [0.1, 0.15) is 20.0 Å². The molecule has 3 aromatic rings. The smallest absolute Gasteiger partial charge is 0.281 e. The quantitative estimate of drug-likeness (QED) is 0.292. The van der Waals surface area contributed by atoms with Crippen LogP contribution in [0.4, 0.5) is 11.4 Å². The number of benzene rings is 2. The average Bonchev–Trinajstić information content (AvgIpc) is 3.08. The molecule has 0 saturated heterocycles. The molecule has 0 spiro atoms. The first-order valence-corrected chi connectivity index (χ1v) is 9.80. The van der Waals surface area contributed by atoms with Crippen molar-refractivity contribution in [1.82, 2.24) is 16.2 Å². The number of halogens is 1. The van der Waals surface area contributed by atoms with E-state index in [0.29, 0.717) is 5.39 Å². The largest absolute Gasteiger partial charge is 0.298 e. The topological polar surface area (TPSA) is 157 Å². The van der Waals surface area contributed by atoms with Crippen LogP contribution in [-0.2, 0) is 0 Å². The second-order valence-corrected chi connectivity index (χ2v) is 7.69. The van der Waals surface area contributed by atoms with Crippen LogP contribution in [0.2, 0.25) is 5.02 Å². The van der Waals surface area contributed by atoms with Gasteiger partial charge in [0.05, 0.1) is 26.5 Å². The fraction of sp³-hybridized carbons (Fsp3) is 0. The van der Waals surface area contributed by atoms with Gasteiger partial charge in [0.25, 0.3) is 23.2 Å². The van der Waals surface area contributed by atoms with Gasteiger partial charge in [-0.05, 0) is 18.3 Å². The fourth-order valence-electron chi connectivity index (χ4n) is 2.47. The number of thiocarbonyl (C=S) groups is 1. The zero-order valence-electron chi connectivity index (χ0n) is 15.1. The van der Waals surface area contributed by atoms with Crippen LogP contribution in [0, 0.1) is 20.2 Å². The highest BCUT2D eigenvalue weighted by atomic mass is 35.5. The van der Waals surface area contributed by atoms with E-state index in [-0.39, 0.29) is 20.6 Å². The molecule has 0 aliphatic rings. The summed E-state index contributed by atoms with van der Waals surface area (Å²) in [6.07, 6.45) is 0. The van der Waals surface area contributed by atoms with Gasteiger partial charge in [-0.25, -0.2) is 0 Å². The maximum absolute atomic E-state index is 12.4. The lowest BCUT2D eigenvalue weighted by Gasteiger charge is -2.10. The standard InChI is InChI=1S/C17H10ClN5O6S2/c18-13-11-3-1-2-4-12(11)31-14(13)16(25)20-21-17(30)19-15(24)8-5-9(22(26)27)7-10(6-8)23(28)29/h1-7H,(H,20,25)(H2,19,21,24,30). The van der Waals surface area contributed by atoms with E-state index in [2.05, 4.69) is 16.2 Å². The Morgan fingerprint density at radius 3 is 2.16 bits per heavy atom. The van der Waals surface area contributed by atoms with Crippen LogP contribution >= 0.6 is 35.2 Å². The van der Waals surface area contributed by atoms with Crippen molar-refractivity contribution < 1.29 is 19.4 Å². The third-order valence-corrected chi connectivity index (χ3v) is 5.72. The monoisotopic (exact) mass is 479 g/mol. The Kier molecular flexibility index (Phi) is 6.39. The Morgan fingerprint density at radius 2 is 1.58 bits per heavy atom. The number of carbonyl (C=O) groups excluding carboxylic acids is 2. The van der Waals surface area contributed by atoms with E-state index in [1.54, 1.807) is 24.3 Å². The highest BCUT2D eigenvalue weighted by Gasteiger charge is 2.21. The minimum absolute atomic E-state index is 0.221. The van der Waals surface area contributed by atoms with Crippen LogP contribution in [0.5, 0.6) is 0 Å². The van der Waals surface area contributed by atoms with Gasteiger partial charge in [0.15, 0.2) is 5.11 Å². The van der Waals surface area contributed by atoms with Crippen LogP contribution < -0.4 is 16.2 Å². The van der Waals surface area contributed by atoms with E-state index < -0.39 is 33.0 Å². The molecule has 11 nitrogen and oxygen atoms in total. The lowest BCUT2D eigenvalue weighted by Crippen LogP contribution is -2.48. The molecule has 0 fully saturated rings. The minimum atomic E-state index is -0.946. The Bertz CT molecular complexity index is 1230. The number of amides is 2. The number of hydrogen-bond donors (Lipinski definition) is 3. The number of hydrogen-bond acceptors (Lipinski definition) is 8. The molecular formula is C17H10ClN5O6S2. The molecule has 0 aliphatic heterocycles. The van der Waals surface area contributed by atoms with Crippen molar-refractivity contribution in [2.24, 2.45) is 0 Å². The number of carbonyl (C=O) groups is 2. The third-order valence-electron chi connectivity index (χ3n) is 3.84. The van der Waals surface area contributed by atoms with Gasteiger partial charge in [0.2, 0.25) is 0 Å². The van der Waals surface area contributed by atoms with Gasteiger partial charge >= 0.3 is 0 Å². The molecule has 1 aromatic heterocycles. The lowest BCUT2D eigenvalue weighted by atomic mass is 10.1. The first-order chi connectivity index (χ1) is 14.7. The molecule has 2 aromatic carbocycles. The summed E-state index contributed by atoms with van der Waals surface area (Å²) in [7, 11) is 0. The predicted molar refractivity (Wildman–Crippen MR) is 117 cm³/mol. The van der Waals surface area contributed by atoms with E-state index in [1.165, 1.54) is 0 Å². The molecule has 158 valence electrons. The number of non-ortho nitro benzene ring substituents is 2. The molecule has 3 N–H and O–H groups in total. The zero-order valence-corrected chi connectivity index (χ0v) is 17.5. The Labute approximate surface area is 187 Å². The van der Waals surface area contributed by atoms with Gasteiger partial charge in [0, 0.05) is 22.2 Å². The van der Waals surface area contributed by atoms with Crippen LogP contribution in [0.3, 0.4) is 0 Å². The summed E-state index contributed by atoms with van der Waals surface area (Å²) in [5.41, 5.74) is 2.97. The number of nitrogens with zero attached hydrogens (tertiary/aromatic N) is 2. The normalized spacial score (nSPS) is 10.4. The first-order valence-electron chi connectivity index (χ1n) is 8.20. The summed E-state index contributed by atoms with van der Waals surface area (Å²) in [6.45, 7) is 0. The molecule has 14 heteroatoms. The summed E-state index contributed by atoms with van der Waals surface area (Å²) >= 11 is 12.3. The van der Waals surface area contributed by atoms with Crippen molar-refractivity contribution in [2.45, 2.75) is 0 Å². The van der Waals surface area contributed by atoms with Crippen molar-refractivity contribution in [2.75, 3.05) is 0 Å². The second kappa shape index (κ2) is 8.99. The summed E-state index contributed by atoms with van der Waals surface area (Å²) in [6, 6.07) is 9.60. The third kappa shape index (κ3) is 4.91. The number of hydrazine groups is 1. The molecule has 31 heavy (non-hydrogen) atoms. The van der Waals surface area contributed by atoms with E-state index in [4.69, 9.17) is 23.8 Å². The number of nitro groups is 2. The molecule has 0 radical (unpaired) electrons. The molecule has 2 amide bonds. The molecule has 3 rings (SSSR count). The summed E-state index contributed by atoms with van der Waals surface area (Å²) in [4.78, 5) is 45.0. The summed E-state index contributed by atoms with van der Waals surface area (Å²) in [5, 5.41) is 24.7. The molecular weight excluding hydrogens is 470 g/mol. The first kappa shape index (κ1) is 22.0. The highest BCUT2D eigenvalue weighted by Crippen LogP contribution is 2.34. The molecule has 1 heterocycles. The van der Waals surface area contributed by atoms with E-state index in [1.807, 2.05) is 0 Å². The number of rotatable bonds is 4. The van der Waals surface area contributed by atoms with Gasteiger partial charge in [-0.15, -0.1) is 11.3 Å². The van der Waals surface area contributed by atoms with Gasteiger partial charge in [-0.1, -0.05) is 29.8 Å². The van der Waals surface area contributed by atoms with Crippen molar-refractivity contribution in [3.63, 3.8) is 0 Å².